The van der Waals surface area contributed by atoms with Gasteiger partial charge in [-0.25, -0.2) is 0 Å². The Morgan fingerprint density at radius 3 is 2.47 bits per heavy atom. The molecule has 0 fully saturated rings. The summed E-state index contributed by atoms with van der Waals surface area (Å²) >= 11 is 0. The van der Waals surface area contributed by atoms with E-state index < -0.39 is 5.91 Å². The molecule has 2 aromatic rings. The molecule has 0 saturated carbocycles. The van der Waals surface area contributed by atoms with E-state index in [1.807, 2.05) is 30.3 Å². The summed E-state index contributed by atoms with van der Waals surface area (Å²) in [5.41, 5.74) is 11.8. The number of nitrogens with two attached hydrogens (primary N) is 2. The molecular weight excluding hydrogens is 240 g/mol. The molecule has 0 unspecified atom stereocenters. The maximum absolute atomic E-state index is 11.5. The van der Waals surface area contributed by atoms with Gasteiger partial charge in [0.2, 0.25) is 11.8 Å². The zero-order valence-electron chi connectivity index (χ0n) is 10.4. The Morgan fingerprint density at radius 2 is 1.79 bits per heavy atom. The molecule has 2 rings (SSSR count). The number of hydrogen-bond acceptors (Lipinski definition) is 2. The van der Waals surface area contributed by atoms with Crippen LogP contribution in [0.3, 0.4) is 0 Å². The zero-order valence-corrected chi connectivity index (χ0v) is 10.4. The zero-order chi connectivity index (χ0) is 13.8. The van der Waals surface area contributed by atoms with Gasteiger partial charge in [-0.3, -0.25) is 9.59 Å². The van der Waals surface area contributed by atoms with Crippen molar-refractivity contribution in [2.45, 2.75) is 12.8 Å². The number of primary amides is 2. The second-order valence-electron chi connectivity index (χ2n) is 4.34. The average Bonchev–Trinajstić information content (AvgIpc) is 2.38. The van der Waals surface area contributed by atoms with Gasteiger partial charge in [0, 0.05) is 12.0 Å². The van der Waals surface area contributed by atoms with Crippen LogP contribution in [0.1, 0.15) is 22.3 Å². The van der Waals surface area contributed by atoms with Crippen LogP contribution in [0.4, 0.5) is 0 Å². The molecule has 4 heteroatoms. The summed E-state index contributed by atoms with van der Waals surface area (Å²) in [7, 11) is 0. The SMILES string of the molecule is NC(=O)C[CH]Cc1c(C(N)=O)ccc2ccccc12. The summed E-state index contributed by atoms with van der Waals surface area (Å²) in [5.74, 6) is -0.853. The van der Waals surface area contributed by atoms with Gasteiger partial charge in [-0.15, -0.1) is 0 Å². The van der Waals surface area contributed by atoms with Crippen molar-refractivity contribution in [2.75, 3.05) is 0 Å². The van der Waals surface area contributed by atoms with E-state index in [2.05, 4.69) is 0 Å². The Morgan fingerprint density at radius 1 is 1.05 bits per heavy atom. The van der Waals surface area contributed by atoms with Crippen molar-refractivity contribution in [1.82, 2.24) is 0 Å². The van der Waals surface area contributed by atoms with Crippen LogP contribution in [0, 0.1) is 6.42 Å². The standard InChI is InChI=1S/C15H15N2O2/c16-14(18)7-3-6-12-11-5-2-1-4-10(11)8-9-13(12)15(17)19/h1-5,8-9H,6-7H2,(H2,16,18)(H2,17,19). The molecule has 4 N–H and O–H groups in total. The van der Waals surface area contributed by atoms with Crippen LogP contribution in [0.2, 0.25) is 0 Å². The van der Waals surface area contributed by atoms with Crippen LogP contribution in [0.5, 0.6) is 0 Å². The molecule has 0 aliphatic carbocycles. The quantitative estimate of drug-likeness (QED) is 0.849. The summed E-state index contributed by atoms with van der Waals surface area (Å²) < 4.78 is 0. The summed E-state index contributed by atoms with van der Waals surface area (Å²) in [6.07, 6.45) is 2.43. The molecule has 1 radical (unpaired) electrons. The second kappa shape index (κ2) is 5.52. The fourth-order valence-corrected chi connectivity index (χ4v) is 2.15. The van der Waals surface area contributed by atoms with Gasteiger partial charge in [0.15, 0.2) is 0 Å². The van der Waals surface area contributed by atoms with Crippen molar-refractivity contribution in [1.29, 1.82) is 0 Å². The molecule has 0 aromatic heterocycles. The molecule has 97 valence electrons. The highest BCUT2D eigenvalue weighted by Gasteiger charge is 2.11. The predicted molar refractivity (Wildman–Crippen MR) is 74.3 cm³/mol. The summed E-state index contributed by atoms with van der Waals surface area (Å²) in [4.78, 5) is 22.3. The minimum absolute atomic E-state index is 0.182. The van der Waals surface area contributed by atoms with E-state index >= 15 is 0 Å². The van der Waals surface area contributed by atoms with Gasteiger partial charge in [-0.1, -0.05) is 30.3 Å². The monoisotopic (exact) mass is 255 g/mol. The molecular formula is C15H15N2O2. The lowest BCUT2D eigenvalue weighted by Gasteiger charge is -2.10. The average molecular weight is 255 g/mol. The third-order valence-corrected chi connectivity index (χ3v) is 3.00. The largest absolute Gasteiger partial charge is 0.370 e. The van der Waals surface area contributed by atoms with E-state index in [1.54, 1.807) is 12.5 Å². The van der Waals surface area contributed by atoms with Crippen LogP contribution in [-0.2, 0) is 11.2 Å². The van der Waals surface area contributed by atoms with Crippen LogP contribution in [-0.4, -0.2) is 11.8 Å². The molecule has 0 aliphatic rings. The Balaban J connectivity index is 2.43. The molecule has 0 atom stereocenters. The normalized spacial score (nSPS) is 10.5. The summed E-state index contributed by atoms with van der Waals surface area (Å²) in [6.45, 7) is 0. The minimum atomic E-state index is -0.465. The lowest BCUT2D eigenvalue weighted by Crippen LogP contribution is -2.15. The van der Waals surface area contributed by atoms with Gasteiger partial charge in [-0.2, -0.15) is 0 Å². The minimum Gasteiger partial charge on any atom is -0.370 e. The predicted octanol–water partition coefficient (Wildman–Crippen LogP) is 1.56. The number of amides is 2. The fourth-order valence-electron chi connectivity index (χ4n) is 2.15. The molecule has 0 spiro atoms. The van der Waals surface area contributed by atoms with Crippen molar-refractivity contribution in [2.24, 2.45) is 11.5 Å². The van der Waals surface area contributed by atoms with Gasteiger partial charge in [0.25, 0.3) is 0 Å². The highest BCUT2D eigenvalue weighted by molar-refractivity contribution is 6.00. The molecule has 0 bridgehead atoms. The summed E-state index contributed by atoms with van der Waals surface area (Å²) in [6, 6.07) is 11.3. The van der Waals surface area contributed by atoms with E-state index in [4.69, 9.17) is 11.5 Å². The fraction of sp³-hybridized carbons (Fsp3) is 0.133. The molecule has 4 nitrogen and oxygen atoms in total. The Labute approximate surface area is 111 Å². The van der Waals surface area contributed by atoms with Gasteiger partial charge < -0.3 is 11.5 Å². The third-order valence-electron chi connectivity index (χ3n) is 3.00. The second-order valence-corrected chi connectivity index (χ2v) is 4.34. The first-order valence-corrected chi connectivity index (χ1v) is 6.00. The van der Waals surface area contributed by atoms with Crippen molar-refractivity contribution >= 4 is 22.6 Å². The number of carbonyl (C=O) groups excluding carboxylic acids is 2. The summed E-state index contributed by atoms with van der Waals surface area (Å²) in [5, 5.41) is 2.01. The maximum atomic E-state index is 11.5. The molecule has 0 heterocycles. The molecule has 0 saturated heterocycles. The van der Waals surface area contributed by atoms with Crippen LogP contribution < -0.4 is 11.5 Å². The Bertz CT molecular complexity index is 635. The molecule has 2 amide bonds. The van der Waals surface area contributed by atoms with Gasteiger partial charge in [0.05, 0.1) is 0 Å². The number of hydrogen-bond donors (Lipinski definition) is 2. The first-order chi connectivity index (χ1) is 9.09. The molecule has 0 aliphatic heterocycles. The number of carbonyl (C=O) groups is 2. The number of rotatable bonds is 5. The van der Waals surface area contributed by atoms with Crippen molar-refractivity contribution in [3.05, 3.63) is 53.9 Å². The molecule has 19 heavy (non-hydrogen) atoms. The van der Waals surface area contributed by atoms with Crippen molar-refractivity contribution in [3.63, 3.8) is 0 Å². The smallest absolute Gasteiger partial charge is 0.248 e. The number of benzene rings is 2. The lowest BCUT2D eigenvalue weighted by atomic mass is 9.94. The van der Waals surface area contributed by atoms with E-state index in [1.165, 1.54) is 0 Å². The van der Waals surface area contributed by atoms with E-state index in [0.717, 1.165) is 16.3 Å². The van der Waals surface area contributed by atoms with Crippen molar-refractivity contribution in [3.8, 4) is 0 Å². The first-order valence-electron chi connectivity index (χ1n) is 6.00. The lowest BCUT2D eigenvalue weighted by molar-refractivity contribution is -0.117. The third kappa shape index (κ3) is 2.91. The van der Waals surface area contributed by atoms with Gasteiger partial charge >= 0.3 is 0 Å². The van der Waals surface area contributed by atoms with Gasteiger partial charge in [0.1, 0.15) is 0 Å². The van der Waals surface area contributed by atoms with Crippen LogP contribution in [0.25, 0.3) is 10.8 Å². The van der Waals surface area contributed by atoms with Crippen LogP contribution in [0.15, 0.2) is 36.4 Å². The maximum Gasteiger partial charge on any atom is 0.248 e. The Hall–Kier alpha value is -2.36. The van der Waals surface area contributed by atoms with E-state index in [0.29, 0.717) is 12.0 Å². The highest BCUT2D eigenvalue weighted by Crippen LogP contribution is 2.23. The first kappa shape index (κ1) is 13.1. The topological polar surface area (TPSA) is 86.2 Å². The van der Waals surface area contributed by atoms with Crippen molar-refractivity contribution < 1.29 is 9.59 Å². The molecule has 2 aromatic carbocycles. The van der Waals surface area contributed by atoms with E-state index in [-0.39, 0.29) is 12.3 Å². The van der Waals surface area contributed by atoms with E-state index in [9.17, 15) is 9.59 Å². The highest BCUT2D eigenvalue weighted by atomic mass is 16.1. The Kier molecular flexibility index (Phi) is 3.80. The van der Waals surface area contributed by atoms with Gasteiger partial charge in [-0.05, 0) is 35.2 Å². The van der Waals surface area contributed by atoms with Crippen LogP contribution >= 0.6 is 0 Å². The number of fused-ring (bicyclic) bond motifs is 1.